The molecule has 0 atom stereocenters. The summed E-state index contributed by atoms with van der Waals surface area (Å²) in [6.45, 7) is 1.52. The summed E-state index contributed by atoms with van der Waals surface area (Å²) < 4.78 is 10.6. The smallest absolute Gasteiger partial charge is 0.260 e. The van der Waals surface area contributed by atoms with Crippen molar-refractivity contribution in [2.24, 2.45) is 0 Å². The number of hydrogen-bond acceptors (Lipinski definition) is 5. The van der Waals surface area contributed by atoms with Crippen LogP contribution < -0.4 is 19.9 Å². The summed E-state index contributed by atoms with van der Waals surface area (Å²) >= 11 is 3.56. The van der Waals surface area contributed by atoms with Gasteiger partial charge in [-0.1, -0.05) is 34.1 Å². The van der Waals surface area contributed by atoms with Gasteiger partial charge in [0.05, 0.1) is 25.1 Å². The van der Waals surface area contributed by atoms with E-state index in [4.69, 9.17) is 9.47 Å². The number of H-pyrrole nitrogens is 1. The van der Waals surface area contributed by atoms with Crippen LogP contribution in [0.2, 0.25) is 0 Å². The van der Waals surface area contributed by atoms with E-state index < -0.39 is 0 Å². The van der Waals surface area contributed by atoms with Crippen molar-refractivity contribution < 1.29 is 9.47 Å². The zero-order chi connectivity index (χ0) is 19.0. The van der Waals surface area contributed by atoms with Crippen molar-refractivity contribution in [3.05, 3.63) is 57.4 Å². The normalized spacial score (nSPS) is 13.5. The Morgan fingerprint density at radius 2 is 2.00 bits per heavy atom. The third-order valence-electron chi connectivity index (χ3n) is 5.00. The first-order valence-corrected chi connectivity index (χ1v) is 9.83. The Balaban J connectivity index is 1.75. The number of alkyl halides is 1. The molecule has 0 spiro atoms. The number of fused-ring (bicyclic) bond motifs is 2. The molecule has 4 rings (SSSR count). The fourth-order valence-corrected chi connectivity index (χ4v) is 4.12. The number of benzene rings is 2. The lowest BCUT2D eigenvalue weighted by Gasteiger charge is -2.30. The van der Waals surface area contributed by atoms with Crippen LogP contribution in [-0.4, -0.2) is 30.7 Å². The minimum absolute atomic E-state index is 0.184. The van der Waals surface area contributed by atoms with E-state index in [-0.39, 0.29) is 5.56 Å². The molecule has 0 saturated carbocycles. The van der Waals surface area contributed by atoms with Crippen LogP contribution >= 0.6 is 15.9 Å². The maximum absolute atomic E-state index is 12.6. The van der Waals surface area contributed by atoms with Crippen LogP contribution in [0.1, 0.15) is 16.7 Å². The van der Waals surface area contributed by atoms with Crippen molar-refractivity contribution in [2.45, 2.75) is 18.3 Å². The Kier molecular flexibility index (Phi) is 4.78. The van der Waals surface area contributed by atoms with Crippen molar-refractivity contribution >= 4 is 32.8 Å². The summed E-state index contributed by atoms with van der Waals surface area (Å²) in [5.74, 6) is 1.65. The number of halogens is 1. The second-order valence-corrected chi connectivity index (χ2v) is 7.03. The van der Waals surface area contributed by atoms with Gasteiger partial charge >= 0.3 is 0 Å². The lowest BCUT2D eigenvalue weighted by molar-refractivity contribution is 0.355. The Hall–Kier alpha value is -2.54. The molecule has 3 aromatic rings. The molecular weight excluding hydrogens is 410 g/mol. The van der Waals surface area contributed by atoms with Gasteiger partial charge in [0, 0.05) is 24.5 Å². The van der Waals surface area contributed by atoms with Crippen molar-refractivity contribution in [1.82, 2.24) is 9.97 Å². The summed E-state index contributed by atoms with van der Waals surface area (Å²) in [5.41, 5.74) is 4.39. The van der Waals surface area contributed by atoms with Gasteiger partial charge in [-0.2, -0.15) is 0 Å². The van der Waals surface area contributed by atoms with Gasteiger partial charge in [-0.3, -0.25) is 9.78 Å². The molecule has 7 heteroatoms. The highest BCUT2D eigenvalue weighted by atomic mass is 79.9. The van der Waals surface area contributed by atoms with E-state index in [9.17, 15) is 4.79 Å². The Morgan fingerprint density at radius 3 is 2.74 bits per heavy atom. The number of methoxy groups -OCH3 is 2. The van der Waals surface area contributed by atoms with E-state index in [2.05, 4.69) is 49.0 Å². The molecule has 6 nitrogen and oxygen atoms in total. The topological polar surface area (TPSA) is 67.5 Å². The molecule has 0 radical (unpaired) electrons. The summed E-state index contributed by atoms with van der Waals surface area (Å²) in [6, 6.07) is 9.78. The predicted octanol–water partition coefficient (Wildman–Crippen LogP) is 3.40. The number of aromatic nitrogens is 2. The van der Waals surface area contributed by atoms with Crippen LogP contribution in [-0.2, 0) is 18.3 Å². The van der Waals surface area contributed by atoms with Gasteiger partial charge in [-0.05, 0) is 29.2 Å². The molecule has 0 aliphatic carbocycles. The van der Waals surface area contributed by atoms with Gasteiger partial charge < -0.3 is 14.4 Å². The van der Waals surface area contributed by atoms with Crippen LogP contribution in [0.15, 0.2) is 35.1 Å². The zero-order valence-corrected chi connectivity index (χ0v) is 16.8. The second-order valence-electron chi connectivity index (χ2n) is 6.47. The Morgan fingerprint density at radius 1 is 1.22 bits per heavy atom. The molecule has 0 unspecified atom stereocenters. The average molecular weight is 430 g/mol. The van der Waals surface area contributed by atoms with Crippen LogP contribution in [0.4, 0.5) is 5.95 Å². The van der Waals surface area contributed by atoms with Crippen LogP contribution in [0, 0.1) is 0 Å². The fourth-order valence-electron chi connectivity index (χ4n) is 3.60. The molecule has 27 heavy (non-hydrogen) atoms. The molecule has 1 N–H and O–H groups in total. The van der Waals surface area contributed by atoms with Crippen molar-refractivity contribution in [1.29, 1.82) is 0 Å². The minimum atomic E-state index is -0.184. The summed E-state index contributed by atoms with van der Waals surface area (Å²) in [4.78, 5) is 22.3. The fraction of sp³-hybridized carbons (Fsp3) is 0.300. The lowest BCUT2D eigenvalue weighted by atomic mass is 9.95. The second kappa shape index (κ2) is 7.23. The van der Waals surface area contributed by atoms with Gasteiger partial charge in [0.2, 0.25) is 5.95 Å². The van der Waals surface area contributed by atoms with E-state index in [1.165, 1.54) is 16.7 Å². The number of aromatic amines is 1. The van der Waals surface area contributed by atoms with Gasteiger partial charge in [0.25, 0.3) is 5.56 Å². The first kappa shape index (κ1) is 17.9. The summed E-state index contributed by atoms with van der Waals surface area (Å²) in [5, 5.41) is 1.33. The van der Waals surface area contributed by atoms with E-state index >= 15 is 0 Å². The molecule has 0 bridgehead atoms. The molecule has 0 amide bonds. The van der Waals surface area contributed by atoms with Crippen LogP contribution in [0.3, 0.4) is 0 Å². The Bertz CT molecular complexity index is 1060. The monoisotopic (exact) mass is 429 g/mol. The number of hydrogen-bond donors (Lipinski definition) is 1. The third-order valence-corrected chi connectivity index (χ3v) is 5.61. The van der Waals surface area contributed by atoms with Gasteiger partial charge in [0.1, 0.15) is 0 Å². The van der Waals surface area contributed by atoms with Gasteiger partial charge in [-0.15, -0.1) is 0 Å². The van der Waals surface area contributed by atoms with Crippen molar-refractivity contribution in [2.75, 3.05) is 25.7 Å². The number of anilines is 1. The molecule has 0 fully saturated rings. The standard InChI is InChI=1S/C20H20BrN3O3/c1-26-17-8-15-16(9-18(17)27-2)22-20(23-19(15)25)24-7-6-14-12(10-21)4-3-5-13(14)11-24/h3-5,8-9H,6-7,10-11H2,1-2H3,(H,22,23,25). The van der Waals surface area contributed by atoms with Gasteiger partial charge in [0.15, 0.2) is 11.5 Å². The molecule has 2 heterocycles. The molecule has 1 aliphatic rings. The molecule has 2 aromatic carbocycles. The molecular formula is C20H20BrN3O3. The maximum atomic E-state index is 12.6. The minimum Gasteiger partial charge on any atom is -0.493 e. The largest absolute Gasteiger partial charge is 0.493 e. The van der Waals surface area contributed by atoms with E-state index in [1.54, 1.807) is 26.4 Å². The zero-order valence-electron chi connectivity index (χ0n) is 15.2. The quantitative estimate of drug-likeness (QED) is 0.643. The lowest BCUT2D eigenvalue weighted by Crippen LogP contribution is -2.33. The average Bonchev–Trinajstić information content (AvgIpc) is 2.71. The molecule has 140 valence electrons. The van der Waals surface area contributed by atoms with Crippen molar-refractivity contribution in [3.63, 3.8) is 0 Å². The van der Waals surface area contributed by atoms with Crippen LogP contribution in [0.25, 0.3) is 10.9 Å². The number of rotatable bonds is 4. The first-order valence-electron chi connectivity index (χ1n) is 8.71. The Labute approximate surface area is 165 Å². The van der Waals surface area contributed by atoms with E-state index in [0.29, 0.717) is 28.4 Å². The van der Waals surface area contributed by atoms with Gasteiger partial charge in [-0.25, -0.2) is 4.98 Å². The summed E-state index contributed by atoms with van der Waals surface area (Å²) in [6.07, 6.45) is 0.921. The highest BCUT2D eigenvalue weighted by Crippen LogP contribution is 2.31. The highest BCUT2D eigenvalue weighted by molar-refractivity contribution is 9.08. The number of nitrogens with zero attached hydrogens (tertiary/aromatic N) is 2. The van der Waals surface area contributed by atoms with E-state index in [0.717, 1.165) is 24.8 Å². The summed E-state index contributed by atoms with van der Waals surface area (Å²) in [7, 11) is 3.12. The maximum Gasteiger partial charge on any atom is 0.260 e. The third kappa shape index (κ3) is 3.16. The highest BCUT2D eigenvalue weighted by Gasteiger charge is 2.21. The first-order chi connectivity index (χ1) is 13.1. The van der Waals surface area contributed by atoms with Crippen LogP contribution in [0.5, 0.6) is 11.5 Å². The number of nitrogens with one attached hydrogen (secondary N) is 1. The molecule has 1 aromatic heterocycles. The predicted molar refractivity (Wildman–Crippen MR) is 109 cm³/mol. The van der Waals surface area contributed by atoms with E-state index in [1.807, 2.05) is 0 Å². The SMILES string of the molecule is COc1cc2nc(N3CCc4c(CBr)cccc4C3)[nH]c(=O)c2cc1OC. The van der Waals surface area contributed by atoms with Crippen molar-refractivity contribution in [3.8, 4) is 11.5 Å². The molecule has 0 saturated heterocycles. The molecule has 1 aliphatic heterocycles. The number of ether oxygens (including phenoxy) is 2.